The molecule has 1 heterocycles. The van der Waals surface area contributed by atoms with Crippen molar-refractivity contribution in [2.24, 2.45) is 5.41 Å². The largest absolute Gasteiger partial charge is 0.303 e. The molecule has 2 nitrogen and oxygen atoms in total. The molecule has 3 heteroatoms. The number of hydrogen-bond acceptors (Lipinski definition) is 3. The van der Waals surface area contributed by atoms with Gasteiger partial charge in [0.05, 0.1) is 5.54 Å². The standard InChI is InChI=1S/C15H26N2S/c1-11(2)17-15(13-16-12(3)10-18-13)8-6-14(4,5)7-9-15/h10-11,17H,6-9H2,1-5H3. The smallest absolute Gasteiger partial charge is 0.113 e. The first-order valence-corrected chi connectivity index (χ1v) is 7.91. The number of rotatable bonds is 3. The molecule has 0 atom stereocenters. The lowest BCUT2D eigenvalue weighted by molar-refractivity contribution is 0.126. The van der Waals surface area contributed by atoms with E-state index in [1.165, 1.54) is 30.7 Å². The molecule has 1 aliphatic carbocycles. The van der Waals surface area contributed by atoms with Crippen molar-refractivity contribution in [3.8, 4) is 0 Å². The van der Waals surface area contributed by atoms with Gasteiger partial charge in [0.2, 0.25) is 0 Å². The lowest BCUT2D eigenvalue weighted by Gasteiger charge is -2.44. The van der Waals surface area contributed by atoms with Gasteiger partial charge in [0.1, 0.15) is 5.01 Å². The Balaban J connectivity index is 2.25. The maximum atomic E-state index is 4.76. The van der Waals surface area contributed by atoms with Crippen molar-refractivity contribution in [1.82, 2.24) is 10.3 Å². The fourth-order valence-electron chi connectivity index (χ4n) is 2.90. The summed E-state index contributed by atoms with van der Waals surface area (Å²) in [5.74, 6) is 0. The first-order valence-electron chi connectivity index (χ1n) is 7.03. The van der Waals surface area contributed by atoms with Gasteiger partial charge in [0.25, 0.3) is 0 Å². The van der Waals surface area contributed by atoms with E-state index in [1.54, 1.807) is 0 Å². The summed E-state index contributed by atoms with van der Waals surface area (Å²) in [6, 6.07) is 0.510. The van der Waals surface area contributed by atoms with E-state index in [0.29, 0.717) is 11.5 Å². The quantitative estimate of drug-likeness (QED) is 0.885. The number of hydrogen-bond donors (Lipinski definition) is 1. The van der Waals surface area contributed by atoms with Crippen molar-refractivity contribution < 1.29 is 0 Å². The molecule has 1 aromatic heterocycles. The molecule has 1 aliphatic rings. The second-order valence-corrected chi connectivity index (χ2v) is 7.70. The fraction of sp³-hybridized carbons (Fsp3) is 0.800. The van der Waals surface area contributed by atoms with Gasteiger partial charge in [-0.1, -0.05) is 13.8 Å². The van der Waals surface area contributed by atoms with Gasteiger partial charge in [-0.2, -0.15) is 0 Å². The van der Waals surface area contributed by atoms with Gasteiger partial charge in [-0.15, -0.1) is 11.3 Å². The lowest BCUT2D eigenvalue weighted by atomic mass is 9.69. The summed E-state index contributed by atoms with van der Waals surface area (Å²) < 4.78 is 0. The number of nitrogens with zero attached hydrogens (tertiary/aromatic N) is 1. The average molecular weight is 266 g/mol. The van der Waals surface area contributed by atoms with E-state index in [0.717, 1.165) is 5.69 Å². The van der Waals surface area contributed by atoms with Crippen LogP contribution in [0.3, 0.4) is 0 Å². The molecule has 18 heavy (non-hydrogen) atoms. The first-order chi connectivity index (χ1) is 8.33. The van der Waals surface area contributed by atoms with E-state index in [2.05, 4.69) is 45.3 Å². The molecule has 0 amide bonds. The van der Waals surface area contributed by atoms with Crippen LogP contribution in [0.5, 0.6) is 0 Å². The Labute approximate surface area is 115 Å². The highest BCUT2D eigenvalue weighted by atomic mass is 32.1. The van der Waals surface area contributed by atoms with Gasteiger partial charge in [-0.3, -0.25) is 0 Å². The van der Waals surface area contributed by atoms with E-state index in [-0.39, 0.29) is 5.54 Å². The second-order valence-electron chi connectivity index (χ2n) is 6.84. The molecule has 0 aliphatic heterocycles. The Hall–Kier alpha value is -0.410. The van der Waals surface area contributed by atoms with Crippen molar-refractivity contribution in [2.45, 2.75) is 71.9 Å². The van der Waals surface area contributed by atoms with Gasteiger partial charge in [-0.05, 0) is 51.9 Å². The molecule has 2 rings (SSSR count). The van der Waals surface area contributed by atoms with Crippen LogP contribution in [0.4, 0.5) is 0 Å². The molecule has 0 radical (unpaired) electrons. The molecule has 102 valence electrons. The average Bonchev–Trinajstić information content (AvgIpc) is 2.69. The maximum absolute atomic E-state index is 4.76. The van der Waals surface area contributed by atoms with E-state index in [1.807, 2.05) is 11.3 Å². The molecule has 0 aromatic carbocycles. The number of aromatic nitrogens is 1. The number of thiazole rings is 1. The van der Waals surface area contributed by atoms with Gasteiger partial charge in [-0.25, -0.2) is 4.98 Å². The zero-order valence-corrected chi connectivity index (χ0v) is 13.2. The summed E-state index contributed by atoms with van der Waals surface area (Å²) >= 11 is 1.82. The lowest BCUT2D eigenvalue weighted by Crippen LogP contribution is -2.49. The van der Waals surface area contributed by atoms with Crippen LogP contribution in [-0.2, 0) is 5.54 Å². The van der Waals surface area contributed by atoms with E-state index >= 15 is 0 Å². The summed E-state index contributed by atoms with van der Waals surface area (Å²) in [7, 11) is 0. The third kappa shape index (κ3) is 2.94. The second kappa shape index (κ2) is 4.93. The fourth-order valence-corrected chi connectivity index (χ4v) is 3.92. The van der Waals surface area contributed by atoms with Crippen molar-refractivity contribution in [2.75, 3.05) is 0 Å². The van der Waals surface area contributed by atoms with Gasteiger partial charge in [0.15, 0.2) is 0 Å². The molecule has 1 N–H and O–H groups in total. The van der Waals surface area contributed by atoms with Crippen LogP contribution in [-0.4, -0.2) is 11.0 Å². The molecule has 0 saturated heterocycles. The van der Waals surface area contributed by atoms with E-state index in [9.17, 15) is 0 Å². The topological polar surface area (TPSA) is 24.9 Å². The highest BCUT2D eigenvalue weighted by Gasteiger charge is 2.41. The Morgan fingerprint density at radius 3 is 2.28 bits per heavy atom. The van der Waals surface area contributed by atoms with E-state index in [4.69, 9.17) is 4.98 Å². The van der Waals surface area contributed by atoms with Crippen LogP contribution in [0.25, 0.3) is 0 Å². The van der Waals surface area contributed by atoms with Gasteiger partial charge < -0.3 is 5.32 Å². The highest BCUT2D eigenvalue weighted by molar-refractivity contribution is 7.09. The Morgan fingerprint density at radius 1 is 1.22 bits per heavy atom. The predicted octanol–water partition coefficient (Wildman–Crippen LogP) is 4.25. The molecule has 0 bridgehead atoms. The number of nitrogens with one attached hydrogen (secondary N) is 1. The van der Waals surface area contributed by atoms with Crippen LogP contribution in [0.15, 0.2) is 5.38 Å². The van der Waals surface area contributed by atoms with Gasteiger partial charge in [0, 0.05) is 17.1 Å². The monoisotopic (exact) mass is 266 g/mol. The SMILES string of the molecule is Cc1csc(C2(NC(C)C)CCC(C)(C)CC2)n1. The minimum atomic E-state index is 0.128. The van der Waals surface area contributed by atoms with Crippen molar-refractivity contribution in [3.05, 3.63) is 16.1 Å². The molecule has 0 spiro atoms. The Morgan fingerprint density at radius 2 is 1.83 bits per heavy atom. The number of aryl methyl sites for hydroxylation is 1. The molecule has 0 unspecified atom stereocenters. The zero-order valence-electron chi connectivity index (χ0n) is 12.3. The summed E-state index contributed by atoms with van der Waals surface area (Å²) in [6.45, 7) is 11.3. The van der Waals surface area contributed by atoms with Gasteiger partial charge >= 0.3 is 0 Å². The molecule has 1 aromatic rings. The van der Waals surface area contributed by atoms with Crippen LogP contribution in [0.1, 0.15) is 64.1 Å². The summed E-state index contributed by atoms with van der Waals surface area (Å²) in [6.07, 6.45) is 4.99. The third-order valence-corrected chi connectivity index (χ3v) is 5.21. The molecular formula is C15H26N2S. The minimum absolute atomic E-state index is 0.128. The van der Waals surface area contributed by atoms with Crippen LogP contribution < -0.4 is 5.32 Å². The molecule has 1 saturated carbocycles. The van der Waals surface area contributed by atoms with Crippen LogP contribution in [0, 0.1) is 12.3 Å². The third-order valence-electron chi connectivity index (χ3n) is 4.05. The Bertz CT molecular complexity index is 396. The Kier molecular flexibility index (Phi) is 3.84. The van der Waals surface area contributed by atoms with Crippen LogP contribution >= 0.6 is 11.3 Å². The highest BCUT2D eigenvalue weighted by Crippen LogP contribution is 2.46. The molecule has 1 fully saturated rings. The normalized spacial score (nSPS) is 22.3. The first kappa shape index (κ1) is 14.0. The van der Waals surface area contributed by atoms with Crippen molar-refractivity contribution in [3.63, 3.8) is 0 Å². The zero-order chi connectivity index (χ0) is 13.4. The van der Waals surface area contributed by atoms with E-state index < -0.39 is 0 Å². The van der Waals surface area contributed by atoms with Crippen molar-refractivity contribution >= 4 is 11.3 Å². The molecular weight excluding hydrogens is 240 g/mol. The summed E-state index contributed by atoms with van der Waals surface area (Å²) in [5, 5.41) is 7.29. The minimum Gasteiger partial charge on any atom is -0.303 e. The predicted molar refractivity (Wildman–Crippen MR) is 79.0 cm³/mol. The van der Waals surface area contributed by atoms with Crippen LogP contribution in [0.2, 0.25) is 0 Å². The summed E-state index contributed by atoms with van der Waals surface area (Å²) in [4.78, 5) is 4.76. The van der Waals surface area contributed by atoms with Crippen molar-refractivity contribution in [1.29, 1.82) is 0 Å². The maximum Gasteiger partial charge on any atom is 0.113 e. The summed E-state index contributed by atoms with van der Waals surface area (Å²) in [5.41, 5.74) is 1.78.